The van der Waals surface area contributed by atoms with Gasteiger partial charge >= 0.3 is 5.69 Å². The Bertz CT molecular complexity index is 2810. The van der Waals surface area contributed by atoms with Crippen LogP contribution in [0.3, 0.4) is 0 Å². The van der Waals surface area contributed by atoms with E-state index in [1.165, 1.54) is 24.3 Å². The number of hydrogen-bond acceptors (Lipinski definition) is 14. The SMILES string of the molecule is CCOC[C@@H](NC1CC2(CCN(c3ccc(C(=O)NS(=O)(=O)c4cc5c(c([N+](=O)[O-])c4)O[C@H]([C@H]4CC[C@](C)(O)CC4)CO5)c(Oc4cc5cc[nH]c5nc4OC)c3)CC2)C1)c1ccccc1C(C)C. The fraction of sp³-hybridized carbons (Fsp3) is 0.490. The Morgan fingerprint density at radius 1 is 1.03 bits per heavy atom. The van der Waals surface area contributed by atoms with Crippen molar-refractivity contribution < 1.29 is 46.9 Å². The summed E-state index contributed by atoms with van der Waals surface area (Å²) in [4.78, 5) is 35.1. The number of sulfonamides is 1. The van der Waals surface area contributed by atoms with E-state index in [0.29, 0.717) is 56.5 Å². The highest BCUT2D eigenvalue weighted by molar-refractivity contribution is 7.90. The number of hydrogen-bond donors (Lipinski definition) is 4. The number of piperidine rings is 1. The number of amides is 1. The molecule has 2 aliphatic heterocycles. The third-order valence-electron chi connectivity index (χ3n) is 14.6. The second-order valence-electron chi connectivity index (χ2n) is 19.7. The predicted molar refractivity (Wildman–Crippen MR) is 259 cm³/mol. The van der Waals surface area contributed by atoms with Crippen molar-refractivity contribution in [3.63, 3.8) is 0 Å². The molecule has 17 nitrogen and oxygen atoms in total. The fourth-order valence-electron chi connectivity index (χ4n) is 10.7. The molecule has 2 atom stereocenters. The number of rotatable bonds is 16. The van der Waals surface area contributed by atoms with Crippen molar-refractivity contribution in [3.05, 3.63) is 99.7 Å². The highest BCUT2D eigenvalue weighted by atomic mass is 32.2. The molecule has 3 aromatic carbocycles. The topological polar surface area (TPSA) is 217 Å². The second kappa shape index (κ2) is 19.4. The first-order valence-corrected chi connectivity index (χ1v) is 25.5. The molecule has 4 N–H and O–H groups in total. The summed E-state index contributed by atoms with van der Waals surface area (Å²) in [6.07, 6.45) is 7.63. The van der Waals surface area contributed by atoms with Crippen LogP contribution in [-0.4, -0.2) is 92.1 Å². The maximum Gasteiger partial charge on any atom is 0.316 e. The van der Waals surface area contributed by atoms with Crippen LogP contribution >= 0.6 is 0 Å². The van der Waals surface area contributed by atoms with Crippen LogP contribution in [0, 0.1) is 21.4 Å². The lowest BCUT2D eigenvalue weighted by Gasteiger charge is -2.53. The van der Waals surface area contributed by atoms with Crippen LogP contribution in [0.25, 0.3) is 11.0 Å². The number of nitro benzene ring substituents is 1. The van der Waals surface area contributed by atoms with Gasteiger partial charge in [0.15, 0.2) is 11.5 Å². The number of nitrogens with zero attached hydrogens (tertiary/aromatic N) is 3. The molecule has 18 heteroatoms. The first-order chi connectivity index (χ1) is 33.0. The first kappa shape index (κ1) is 48.1. The van der Waals surface area contributed by atoms with Crippen LogP contribution in [0.1, 0.15) is 113 Å². The summed E-state index contributed by atoms with van der Waals surface area (Å²) in [6.45, 7) is 11.1. The Kier molecular flexibility index (Phi) is 13.6. The smallest absolute Gasteiger partial charge is 0.316 e. The molecule has 2 aliphatic carbocycles. The number of pyridine rings is 1. The van der Waals surface area contributed by atoms with E-state index in [1.807, 2.05) is 13.0 Å². The molecular weight excluding hydrogens is 905 g/mol. The van der Waals surface area contributed by atoms with Gasteiger partial charge in [0.05, 0.1) is 40.7 Å². The van der Waals surface area contributed by atoms with Crippen LogP contribution in [0.2, 0.25) is 0 Å². The molecule has 69 heavy (non-hydrogen) atoms. The Hall–Kier alpha value is -5.95. The number of aromatic amines is 1. The average molecular weight is 967 g/mol. The second-order valence-corrected chi connectivity index (χ2v) is 21.4. The highest BCUT2D eigenvalue weighted by Gasteiger charge is 2.47. The van der Waals surface area contributed by atoms with Crippen LogP contribution < -0.4 is 33.9 Å². The molecule has 368 valence electrons. The van der Waals surface area contributed by atoms with Gasteiger partial charge in [-0.25, -0.2) is 13.1 Å². The highest BCUT2D eigenvalue weighted by Crippen LogP contribution is 2.51. The molecule has 3 fully saturated rings. The minimum atomic E-state index is -4.73. The number of ether oxygens (including phenoxy) is 5. The Morgan fingerprint density at radius 2 is 1.77 bits per heavy atom. The number of aliphatic hydroxyl groups is 1. The largest absolute Gasteiger partial charge is 0.485 e. The molecule has 1 spiro atoms. The summed E-state index contributed by atoms with van der Waals surface area (Å²) in [5, 5.41) is 27.5. The van der Waals surface area contributed by atoms with E-state index in [4.69, 9.17) is 23.7 Å². The monoisotopic (exact) mass is 966 g/mol. The maximum absolute atomic E-state index is 14.2. The quantitative estimate of drug-likeness (QED) is 0.0538. The molecule has 4 heterocycles. The Labute approximate surface area is 402 Å². The van der Waals surface area contributed by atoms with E-state index in [0.717, 1.165) is 62.0 Å². The first-order valence-electron chi connectivity index (χ1n) is 24.0. The number of carbonyl (C=O) groups is 1. The van der Waals surface area contributed by atoms with Gasteiger partial charge in [-0.2, -0.15) is 4.98 Å². The summed E-state index contributed by atoms with van der Waals surface area (Å²) in [7, 11) is -3.29. The number of methoxy groups -OCH3 is 1. The van der Waals surface area contributed by atoms with Gasteiger partial charge in [0.1, 0.15) is 24.1 Å². The molecule has 2 aromatic heterocycles. The van der Waals surface area contributed by atoms with Gasteiger partial charge < -0.3 is 44.0 Å². The average Bonchev–Trinajstić information content (AvgIpc) is 3.79. The number of aromatic nitrogens is 2. The van der Waals surface area contributed by atoms with Crippen molar-refractivity contribution in [3.8, 4) is 28.9 Å². The molecular formula is C51H62N6O11S. The number of fused-ring (bicyclic) bond motifs is 2. The van der Waals surface area contributed by atoms with Crippen molar-refractivity contribution in [2.45, 2.75) is 114 Å². The lowest BCUT2D eigenvalue weighted by molar-refractivity contribution is -0.386. The number of nitrogens with one attached hydrogen (secondary N) is 3. The lowest BCUT2D eigenvalue weighted by atomic mass is 9.60. The van der Waals surface area contributed by atoms with E-state index in [-0.39, 0.29) is 58.4 Å². The van der Waals surface area contributed by atoms with E-state index < -0.39 is 43.1 Å². The van der Waals surface area contributed by atoms with Gasteiger partial charge in [-0.15, -0.1) is 0 Å². The van der Waals surface area contributed by atoms with E-state index in [9.17, 15) is 28.4 Å². The minimum Gasteiger partial charge on any atom is -0.485 e. The van der Waals surface area contributed by atoms with E-state index >= 15 is 0 Å². The van der Waals surface area contributed by atoms with Crippen molar-refractivity contribution in [1.29, 1.82) is 0 Å². The number of benzene rings is 3. The van der Waals surface area contributed by atoms with Crippen LogP contribution in [0.5, 0.6) is 28.9 Å². The molecule has 0 radical (unpaired) electrons. The number of anilines is 1. The maximum atomic E-state index is 14.2. The van der Waals surface area contributed by atoms with E-state index in [2.05, 4.69) is 63.0 Å². The van der Waals surface area contributed by atoms with Gasteiger partial charge in [0.2, 0.25) is 5.75 Å². The predicted octanol–water partition coefficient (Wildman–Crippen LogP) is 8.71. The molecule has 0 bridgehead atoms. The van der Waals surface area contributed by atoms with Crippen molar-refractivity contribution in [2.24, 2.45) is 11.3 Å². The summed E-state index contributed by atoms with van der Waals surface area (Å²) in [6, 6.07) is 19.6. The third kappa shape index (κ3) is 10.2. The molecule has 1 amide bonds. The van der Waals surface area contributed by atoms with Crippen molar-refractivity contribution in [1.82, 2.24) is 20.0 Å². The van der Waals surface area contributed by atoms with Gasteiger partial charge in [-0.05, 0) is 118 Å². The zero-order chi connectivity index (χ0) is 48.7. The van der Waals surface area contributed by atoms with Crippen molar-refractivity contribution in [2.75, 3.05) is 44.9 Å². The molecule has 1 saturated heterocycles. The van der Waals surface area contributed by atoms with Gasteiger partial charge in [0.25, 0.3) is 21.8 Å². The normalized spacial score (nSPS) is 21.8. The number of H-pyrrole nitrogens is 1. The standard InChI is InChI=1S/C51H62N6O11S/c1-6-65-29-40(38-10-8-7-9-37(38)31(2)3)53-34-27-51(28-34)18-21-56(22-19-51)35-11-12-39(42(24-35)67-44-23-33-15-20-52-47(33)54-49(44)64-5)48(58)55-69(62,63)36-25-41(57(60)61)46-43(26-36)66-30-45(68-46)32-13-16-50(4,59)17-14-32/h7-12,15,20,23-26,31-32,34,40,45,53,59H,6,13-14,16-19,21-22,27-30H2,1-5H3,(H,52,54)(H,55,58)/t32-,40-,45+,50-/m1/s1. The van der Waals surface area contributed by atoms with Crippen molar-refractivity contribution >= 4 is 38.3 Å². The van der Waals surface area contributed by atoms with Gasteiger partial charge in [-0.1, -0.05) is 38.1 Å². The summed E-state index contributed by atoms with van der Waals surface area (Å²) >= 11 is 0. The number of nitro groups is 1. The fourth-order valence-corrected chi connectivity index (χ4v) is 11.7. The molecule has 5 aromatic rings. The van der Waals surface area contributed by atoms with E-state index in [1.54, 1.807) is 31.3 Å². The molecule has 9 rings (SSSR count). The van der Waals surface area contributed by atoms with Gasteiger partial charge in [0, 0.05) is 61.2 Å². The minimum absolute atomic E-state index is 0.0164. The lowest BCUT2D eigenvalue weighted by Crippen LogP contribution is -2.54. The Morgan fingerprint density at radius 3 is 2.46 bits per heavy atom. The third-order valence-corrected chi connectivity index (χ3v) is 15.9. The van der Waals surface area contributed by atoms with Gasteiger partial charge in [-0.3, -0.25) is 14.9 Å². The van der Waals surface area contributed by atoms with Crippen LogP contribution in [0.4, 0.5) is 11.4 Å². The number of carbonyl (C=O) groups excluding carboxylic acids is 1. The summed E-state index contributed by atoms with van der Waals surface area (Å²) in [5.41, 5.74) is 2.65. The molecule has 4 aliphatic rings. The molecule has 0 unspecified atom stereocenters. The Balaban J connectivity index is 0.929. The summed E-state index contributed by atoms with van der Waals surface area (Å²) in [5.74, 6) is -0.569. The summed E-state index contributed by atoms with van der Waals surface area (Å²) < 4.78 is 60.2. The molecule has 2 saturated carbocycles. The van der Waals surface area contributed by atoms with Crippen LogP contribution in [-0.2, 0) is 14.8 Å². The zero-order valence-corrected chi connectivity index (χ0v) is 40.6. The van der Waals surface area contributed by atoms with Crippen LogP contribution in [0.15, 0.2) is 77.8 Å². The zero-order valence-electron chi connectivity index (χ0n) is 39.8.